The van der Waals surface area contributed by atoms with Crippen molar-refractivity contribution in [3.63, 3.8) is 0 Å². The first-order valence-electron chi connectivity index (χ1n) is 25.4. The normalized spacial score (nSPS) is 13.2. The van der Waals surface area contributed by atoms with Gasteiger partial charge >= 0.3 is 447 Å². The molecule has 4 aliphatic rings. The molecular weight excluding hydrogens is 1030 g/mol. The second-order valence-electron chi connectivity index (χ2n) is 19.6. The topological polar surface area (TPSA) is 14.7 Å². The van der Waals surface area contributed by atoms with Crippen molar-refractivity contribution in [3.05, 3.63) is 255 Å². The quantitative estimate of drug-likeness (QED) is 0.149. The van der Waals surface area contributed by atoms with Crippen LogP contribution in [-0.4, -0.2) is 47.9 Å². The monoisotopic (exact) mass is 1070 g/mol. The van der Waals surface area contributed by atoms with Crippen LogP contribution in [0.15, 0.2) is 255 Å². The van der Waals surface area contributed by atoms with Gasteiger partial charge in [0, 0.05) is 0 Å². The van der Waals surface area contributed by atoms with Crippen LogP contribution in [0.5, 0.6) is 0 Å². The molecule has 12 aromatic rings. The van der Waals surface area contributed by atoms with Gasteiger partial charge in [-0.25, -0.2) is 0 Å². The minimum absolute atomic E-state index is 0.0251. The molecule has 74 heavy (non-hydrogen) atoms. The average molecular weight is 1070 g/mol. The SMILES string of the molecule is c1ccc(N(c2ccccc2)c2cc3c4c(c2)N(c2ccccc2)c2ccccc2B4c2cc4c5c(c2[Se]3)c2ccccc2n5-c2cc(N(c3ccccc3)c3ccccc3)cc3c2B4c2ccccc2[Se]3)cc1. The molecule has 16 rings (SSSR count). The summed E-state index contributed by atoms with van der Waals surface area (Å²) in [4.78, 5) is 7.45. The summed E-state index contributed by atoms with van der Waals surface area (Å²) in [5.41, 5.74) is 23.0. The van der Waals surface area contributed by atoms with E-state index in [4.69, 9.17) is 0 Å². The van der Waals surface area contributed by atoms with Gasteiger partial charge in [-0.1, -0.05) is 0 Å². The fraction of sp³-hybridized carbons (Fsp3) is 0. The van der Waals surface area contributed by atoms with Gasteiger partial charge in [-0.3, -0.25) is 0 Å². The first-order chi connectivity index (χ1) is 36.7. The number of benzene rings is 11. The summed E-state index contributed by atoms with van der Waals surface area (Å²) in [5, 5.41) is 2.73. The van der Waals surface area contributed by atoms with Crippen LogP contribution in [0.25, 0.3) is 27.5 Å². The summed E-state index contributed by atoms with van der Waals surface area (Å²) in [6, 6.07) is 95.3. The Labute approximate surface area is 443 Å². The van der Waals surface area contributed by atoms with Crippen LogP contribution in [0.1, 0.15) is 0 Å². The second-order valence-corrected chi connectivity index (χ2v) is 24.0. The number of hydrogen-bond donors (Lipinski definition) is 0. The Morgan fingerprint density at radius 1 is 0.338 bits per heavy atom. The number of fused-ring (bicyclic) bond motifs is 12. The first-order valence-corrected chi connectivity index (χ1v) is 28.8. The number of para-hydroxylation sites is 7. The molecule has 0 aliphatic carbocycles. The Hall–Kier alpha value is -8.21. The van der Waals surface area contributed by atoms with E-state index in [9.17, 15) is 0 Å². The van der Waals surface area contributed by atoms with Crippen molar-refractivity contribution in [2.45, 2.75) is 0 Å². The number of anilines is 9. The molecule has 0 N–H and O–H groups in total. The molecule has 0 amide bonds. The molecule has 0 saturated heterocycles. The van der Waals surface area contributed by atoms with Gasteiger partial charge in [-0.15, -0.1) is 0 Å². The van der Waals surface area contributed by atoms with Gasteiger partial charge in [-0.05, 0) is 0 Å². The number of nitrogens with zero attached hydrogens (tertiary/aromatic N) is 4. The summed E-state index contributed by atoms with van der Waals surface area (Å²) in [7, 11) is 0. The van der Waals surface area contributed by atoms with Gasteiger partial charge in [-0.2, -0.15) is 0 Å². The molecule has 8 heteroatoms. The summed E-state index contributed by atoms with van der Waals surface area (Å²) in [6.45, 7) is 0.102. The third-order valence-corrected chi connectivity index (χ3v) is 20.5. The molecular formula is C66H42B2N4Se2. The van der Waals surface area contributed by atoms with Crippen molar-refractivity contribution in [2.24, 2.45) is 0 Å². The summed E-state index contributed by atoms with van der Waals surface area (Å²) in [6.07, 6.45) is 0. The minimum atomic E-state index is -0.0780. The van der Waals surface area contributed by atoms with Crippen LogP contribution >= 0.6 is 0 Å². The summed E-state index contributed by atoms with van der Waals surface area (Å²) >= 11 is 0.0106. The molecule has 11 aromatic carbocycles. The number of aromatic nitrogens is 1. The van der Waals surface area contributed by atoms with E-state index in [-0.39, 0.29) is 43.3 Å². The Balaban J connectivity index is 1.01. The van der Waals surface area contributed by atoms with Crippen LogP contribution in [0.2, 0.25) is 0 Å². The molecule has 5 heterocycles. The van der Waals surface area contributed by atoms with Gasteiger partial charge in [0.05, 0.1) is 0 Å². The van der Waals surface area contributed by atoms with E-state index >= 15 is 0 Å². The van der Waals surface area contributed by atoms with E-state index in [1.165, 1.54) is 95.2 Å². The Bertz CT molecular complexity index is 4150. The average Bonchev–Trinajstić information content (AvgIpc) is 3.87. The molecule has 4 nitrogen and oxygen atoms in total. The molecule has 0 saturated carbocycles. The molecule has 0 atom stereocenters. The van der Waals surface area contributed by atoms with Crippen molar-refractivity contribution in [1.82, 2.24) is 4.57 Å². The zero-order valence-corrected chi connectivity index (χ0v) is 43.4. The zero-order valence-electron chi connectivity index (χ0n) is 40.0. The number of hydrogen-bond acceptors (Lipinski definition) is 3. The van der Waals surface area contributed by atoms with Crippen LogP contribution < -0.4 is 65.3 Å². The van der Waals surface area contributed by atoms with E-state index in [1.54, 1.807) is 0 Å². The van der Waals surface area contributed by atoms with Crippen molar-refractivity contribution in [1.29, 1.82) is 0 Å². The van der Waals surface area contributed by atoms with Crippen molar-refractivity contribution < 1.29 is 0 Å². The van der Waals surface area contributed by atoms with Crippen LogP contribution in [0, 0.1) is 0 Å². The molecule has 0 spiro atoms. The van der Waals surface area contributed by atoms with E-state index < -0.39 is 0 Å². The van der Waals surface area contributed by atoms with E-state index in [1.807, 2.05) is 0 Å². The van der Waals surface area contributed by atoms with E-state index in [0.717, 1.165) is 34.1 Å². The Kier molecular flexibility index (Phi) is 9.53. The van der Waals surface area contributed by atoms with Crippen LogP contribution in [-0.2, 0) is 0 Å². The Morgan fingerprint density at radius 2 is 0.824 bits per heavy atom. The predicted molar refractivity (Wildman–Crippen MR) is 317 cm³/mol. The van der Waals surface area contributed by atoms with Crippen LogP contribution in [0.3, 0.4) is 0 Å². The van der Waals surface area contributed by atoms with Crippen molar-refractivity contribution in [3.8, 4) is 5.69 Å². The fourth-order valence-electron chi connectivity index (χ4n) is 12.7. The fourth-order valence-corrected chi connectivity index (χ4v) is 18.0. The molecule has 0 unspecified atom stereocenters. The van der Waals surface area contributed by atoms with Gasteiger partial charge in [0.1, 0.15) is 0 Å². The molecule has 0 bridgehead atoms. The molecule has 0 fully saturated rings. The third kappa shape index (κ3) is 6.24. The second kappa shape index (κ2) is 16.7. The standard InChI is InChI=1S/C66H42B2N4Se2/c1-6-22-43(23-7-1)69(44-24-8-2-9-25-44)48-38-57-63-61(41-48)74-66-54(67(63)51-33-17-20-36-56(51)71(57)47-30-14-5-15-31-47)42-53-65-62(66)50-32-16-19-35-55(50)72(65)58-39-49(40-60-64(58)68(53)52-34-18-21-37-59(52)73-60)70(45-26-10-3-11-27-45)46-28-12-4-13-29-46/h1-42H. The zero-order chi connectivity index (χ0) is 48.4. The van der Waals surface area contributed by atoms with Crippen molar-refractivity contribution in [2.75, 3.05) is 14.7 Å². The molecule has 4 aliphatic heterocycles. The molecule has 0 radical (unpaired) electrons. The van der Waals surface area contributed by atoms with Gasteiger partial charge in [0.15, 0.2) is 0 Å². The van der Waals surface area contributed by atoms with Crippen LogP contribution in [0.4, 0.5) is 51.2 Å². The third-order valence-electron chi connectivity index (χ3n) is 15.6. The van der Waals surface area contributed by atoms with E-state index in [2.05, 4.69) is 274 Å². The Morgan fingerprint density at radius 3 is 1.46 bits per heavy atom. The molecule has 1 aromatic heterocycles. The van der Waals surface area contributed by atoms with Gasteiger partial charge in [0.2, 0.25) is 0 Å². The summed E-state index contributed by atoms with van der Waals surface area (Å²) < 4.78 is 8.52. The van der Waals surface area contributed by atoms with E-state index in [0.29, 0.717) is 0 Å². The maximum absolute atomic E-state index is 2.70. The van der Waals surface area contributed by atoms with Crippen molar-refractivity contribution >= 4 is 167 Å². The molecule has 344 valence electrons. The summed E-state index contributed by atoms with van der Waals surface area (Å²) in [5.74, 6) is 0. The van der Waals surface area contributed by atoms with Gasteiger partial charge < -0.3 is 0 Å². The predicted octanol–water partition coefficient (Wildman–Crippen LogP) is 8.79. The maximum atomic E-state index is 2.70. The van der Waals surface area contributed by atoms with Gasteiger partial charge in [0.25, 0.3) is 0 Å². The first kappa shape index (κ1) is 42.3. The number of rotatable bonds is 7.